The average Bonchev–Trinajstić information content (AvgIpc) is 3.09. The van der Waals surface area contributed by atoms with Crippen molar-refractivity contribution in [2.45, 2.75) is 18.9 Å². The number of anilines is 1. The molecule has 7 heteroatoms. The number of methoxy groups -OCH3 is 1. The number of hydrogen-bond acceptors (Lipinski definition) is 6. The van der Waals surface area contributed by atoms with Crippen LogP contribution in [0, 0.1) is 0 Å². The lowest BCUT2D eigenvalue weighted by Gasteiger charge is -2.35. The number of ether oxygens (including phenoxy) is 1. The molecule has 1 N–H and O–H groups in total. The van der Waals surface area contributed by atoms with Crippen molar-refractivity contribution in [2.24, 2.45) is 0 Å². The first kappa shape index (κ1) is 14.1. The predicted octanol–water partition coefficient (Wildman–Crippen LogP) is -0.114. The van der Waals surface area contributed by atoms with Gasteiger partial charge in [-0.15, -0.1) is 0 Å². The quantitative estimate of drug-likeness (QED) is 0.837. The molecular weight excluding hydrogens is 270 g/mol. The van der Waals surface area contributed by atoms with E-state index in [-0.39, 0.29) is 11.9 Å². The van der Waals surface area contributed by atoms with Gasteiger partial charge in [-0.05, 0) is 19.4 Å². The zero-order chi connectivity index (χ0) is 14.7. The molecular formula is C14H21N5O2. The standard InChI is InChI=1S/C14H21N5O2/c1-21-12-4-6-16-14(17-12)19-9-7-18(8-10-19)13(20)11-3-2-5-15-11/h4,6,11,15H,2-3,5,7-10H2,1H3. The van der Waals surface area contributed by atoms with Crippen molar-refractivity contribution in [1.29, 1.82) is 0 Å². The predicted molar refractivity (Wildman–Crippen MR) is 78.4 cm³/mol. The van der Waals surface area contributed by atoms with Gasteiger partial charge >= 0.3 is 0 Å². The maximum Gasteiger partial charge on any atom is 0.239 e. The monoisotopic (exact) mass is 291 g/mol. The van der Waals surface area contributed by atoms with Crippen LogP contribution in [-0.4, -0.2) is 66.7 Å². The molecule has 21 heavy (non-hydrogen) atoms. The van der Waals surface area contributed by atoms with Crippen molar-refractivity contribution in [1.82, 2.24) is 20.2 Å². The number of nitrogens with zero attached hydrogens (tertiary/aromatic N) is 4. The third-order valence-corrected chi connectivity index (χ3v) is 4.06. The van der Waals surface area contributed by atoms with Gasteiger partial charge in [-0.25, -0.2) is 4.98 Å². The van der Waals surface area contributed by atoms with E-state index < -0.39 is 0 Å². The van der Waals surface area contributed by atoms with Crippen LogP contribution in [0.25, 0.3) is 0 Å². The summed E-state index contributed by atoms with van der Waals surface area (Å²) in [5, 5.41) is 3.27. The molecule has 1 aromatic rings. The normalized spacial score (nSPS) is 22.4. The molecule has 1 unspecified atom stereocenters. The highest BCUT2D eigenvalue weighted by Crippen LogP contribution is 2.16. The lowest BCUT2D eigenvalue weighted by Crippen LogP contribution is -2.53. The van der Waals surface area contributed by atoms with Crippen molar-refractivity contribution in [3.63, 3.8) is 0 Å². The summed E-state index contributed by atoms with van der Waals surface area (Å²) >= 11 is 0. The maximum atomic E-state index is 12.3. The molecule has 0 saturated carbocycles. The Labute approximate surface area is 124 Å². The first-order chi connectivity index (χ1) is 10.3. The van der Waals surface area contributed by atoms with Gasteiger partial charge in [0.2, 0.25) is 17.7 Å². The Morgan fingerprint density at radius 2 is 2.19 bits per heavy atom. The van der Waals surface area contributed by atoms with E-state index in [1.165, 1.54) is 0 Å². The van der Waals surface area contributed by atoms with E-state index in [0.29, 0.717) is 11.8 Å². The number of amides is 1. The third-order valence-electron chi connectivity index (χ3n) is 4.06. The number of carbonyl (C=O) groups is 1. The van der Waals surface area contributed by atoms with E-state index in [4.69, 9.17) is 4.74 Å². The molecule has 0 radical (unpaired) electrons. The lowest BCUT2D eigenvalue weighted by molar-refractivity contribution is -0.133. The lowest BCUT2D eigenvalue weighted by atomic mass is 10.2. The summed E-state index contributed by atoms with van der Waals surface area (Å²) in [6, 6.07) is 1.75. The molecule has 0 aromatic carbocycles. The van der Waals surface area contributed by atoms with Gasteiger partial charge in [0, 0.05) is 38.4 Å². The van der Waals surface area contributed by atoms with Crippen LogP contribution in [0.15, 0.2) is 12.3 Å². The maximum absolute atomic E-state index is 12.3. The Hall–Kier alpha value is -1.89. The van der Waals surface area contributed by atoms with Crippen LogP contribution in [0.5, 0.6) is 5.88 Å². The van der Waals surface area contributed by atoms with E-state index in [2.05, 4.69) is 20.2 Å². The fraction of sp³-hybridized carbons (Fsp3) is 0.643. The molecule has 2 aliphatic rings. The second kappa shape index (κ2) is 6.26. The average molecular weight is 291 g/mol. The molecule has 7 nitrogen and oxygen atoms in total. The molecule has 2 aliphatic heterocycles. The minimum atomic E-state index is 0.0182. The van der Waals surface area contributed by atoms with E-state index in [0.717, 1.165) is 45.6 Å². The second-order valence-electron chi connectivity index (χ2n) is 5.36. The van der Waals surface area contributed by atoms with Gasteiger partial charge in [0.1, 0.15) is 0 Å². The minimum Gasteiger partial charge on any atom is -0.481 e. The van der Waals surface area contributed by atoms with E-state index in [1.54, 1.807) is 19.4 Å². The van der Waals surface area contributed by atoms with Gasteiger partial charge in [0.25, 0.3) is 0 Å². The number of hydrogen-bond donors (Lipinski definition) is 1. The number of rotatable bonds is 3. The molecule has 1 aromatic heterocycles. The molecule has 0 bridgehead atoms. The first-order valence-corrected chi connectivity index (χ1v) is 7.42. The third kappa shape index (κ3) is 3.07. The smallest absolute Gasteiger partial charge is 0.239 e. The highest BCUT2D eigenvalue weighted by molar-refractivity contribution is 5.82. The molecule has 0 spiro atoms. The van der Waals surface area contributed by atoms with Crippen LogP contribution in [0.1, 0.15) is 12.8 Å². The molecule has 2 saturated heterocycles. The molecule has 114 valence electrons. The zero-order valence-electron chi connectivity index (χ0n) is 12.3. The fourth-order valence-electron chi connectivity index (χ4n) is 2.84. The van der Waals surface area contributed by atoms with Crippen molar-refractivity contribution < 1.29 is 9.53 Å². The van der Waals surface area contributed by atoms with E-state index in [1.807, 2.05) is 4.90 Å². The highest BCUT2D eigenvalue weighted by Gasteiger charge is 2.29. The van der Waals surface area contributed by atoms with Crippen molar-refractivity contribution in [3.8, 4) is 5.88 Å². The van der Waals surface area contributed by atoms with Crippen LogP contribution >= 0.6 is 0 Å². The van der Waals surface area contributed by atoms with Crippen molar-refractivity contribution >= 4 is 11.9 Å². The van der Waals surface area contributed by atoms with E-state index in [9.17, 15) is 4.79 Å². The van der Waals surface area contributed by atoms with Gasteiger partial charge in [-0.3, -0.25) is 4.79 Å². The van der Waals surface area contributed by atoms with Crippen molar-refractivity contribution in [2.75, 3.05) is 44.7 Å². The SMILES string of the molecule is COc1ccnc(N2CCN(C(=O)C3CCCN3)CC2)n1. The van der Waals surface area contributed by atoms with Crippen LogP contribution in [0.4, 0.5) is 5.95 Å². The summed E-state index contributed by atoms with van der Waals surface area (Å²) in [5.74, 6) is 1.47. The van der Waals surface area contributed by atoms with Crippen LogP contribution in [0.3, 0.4) is 0 Å². The summed E-state index contributed by atoms with van der Waals surface area (Å²) in [6.07, 6.45) is 3.74. The van der Waals surface area contributed by atoms with Gasteiger partial charge in [0.05, 0.1) is 13.2 Å². The summed E-state index contributed by atoms with van der Waals surface area (Å²) in [4.78, 5) is 25.0. The Bertz CT molecular complexity index is 496. The summed E-state index contributed by atoms with van der Waals surface area (Å²) in [6.45, 7) is 3.90. The number of nitrogens with one attached hydrogen (secondary N) is 1. The largest absolute Gasteiger partial charge is 0.481 e. The topological polar surface area (TPSA) is 70.6 Å². The van der Waals surface area contributed by atoms with Crippen LogP contribution in [-0.2, 0) is 4.79 Å². The van der Waals surface area contributed by atoms with Crippen LogP contribution in [0.2, 0.25) is 0 Å². The molecule has 0 aliphatic carbocycles. The molecule has 3 rings (SSSR count). The zero-order valence-corrected chi connectivity index (χ0v) is 12.3. The Morgan fingerprint density at radius 1 is 1.38 bits per heavy atom. The van der Waals surface area contributed by atoms with Gasteiger partial charge < -0.3 is 19.9 Å². The first-order valence-electron chi connectivity index (χ1n) is 7.42. The van der Waals surface area contributed by atoms with Gasteiger partial charge in [-0.1, -0.05) is 0 Å². The molecule has 3 heterocycles. The van der Waals surface area contributed by atoms with Gasteiger partial charge in [0.15, 0.2) is 0 Å². The fourth-order valence-corrected chi connectivity index (χ4v) is 2.84. The van der Waals surface area contributed by atoms with Gasteiger partial charge in [-0.2, -0.15) is 4.98 Å². The molecule has 2 fully saturated rings. The highest BCUT2D eigenvalue weighted by atomic mass is 16.5. The summed E-state index contributed by atoms with van der Waals surface area (Å²) in [5.41, 5.74) is 0. The minimum absolute atomic E-state index is 0.0182. The number of aromatic nitrogens is 2. The summed E-state index contributed by atoms with van der Waals surface area (Å²) in [7, 11) is 1.59. The summed E-state index contributed by atoms with van der Waals surface area (Å²) < 4.78 is 5.12. The number of piperazine rings is 1. The molecule has 1 amide bonds. The van der Waals surface area contributed by atoms with Crippen LogP contribution < -0.4 is 15.0 Å². The Balaban J connectivity index is 1.58. The molecule has 1 atom stereocenters. The van der Waals surface area contributed by atoms with Crippen molar-refractivity contribution in [3.05, 3.63) is 12.3 Å². The van der Waals surface area contributed by atoms with E-state index >= 15 is 0 Å². The second-order valence-corrected chi connectivity index (χ2v) is 5.36. The number of carbonyl (C=O) groups excluding carboxylic acids is 1. The Morgan fingerprint density at radius 3 is 2.86 bits per heavy atom. The Kier molecular flexibility index (Phi) is 4.19.